The lowest BCUT2D eigenvalue weighted by molar-refractivity contribution is -0.385. The number of aromatic nitrogens is 2. The lowest BCUT2D eigenvalue weighted by Crippen LogP contribution is -2.07. The van der Waals surface area contributed by atoms with Crippen LogP contribution in [0, 0.1) is 22.9 Å². The van der Waals surface area contributed by atoms with Crippen molar-refractivity contribution in [1.82, 2.24) is 9.97 Å². The van der Waals surface area contributed by atoms with E-state index in [2.05, 4.69) is 20.6 Å². The Morgan fingerprint density at radius 3 is 2.71 bits per heavy atom. The van der Waals surface area contributed by atoms with Crippen LogP contribution in [0.4, 0.5) is 27.5 Å². The second-order valence-electron chi connectivity index (χ2n) is 4.09. The van der Waals surface area contributed by atoms with Crippen molar-refractivity contribution < 1.29 is 9.31 Å². The van der Waals surface area contributed by atoms with Crippen molar-refractivity contribution in [3.05, 3.63) is 44.8 Å². The smallest absolute Gasteiger partial charge is 0.332 e. The Kier molecular flexibility index (Phi) is 4.18. The van der Waals surface area contributed by atoms with Crippen LogP contribution in [-0.2, 0) is 0 Å². The maximum Gasteiger partial charge on any atom is 0.332 e. The Morgan fingerprint density at radius 2 is 2.10 bits per heavy atom. The average molecular weight is 312 g/mol. The summed E-state index contributed by atoms with van der Waals surface area (Å²) in [6, 6.07) is 3.66. The number of hydrogen-bond donors (Lipinski definition) is 2. The zero-order valence-electron chi connectivity index (χ0n) is 11.1. The van der Waals surface area contributed by atoms with Crippen LogP contribution in [0.5, 0.6) is 0 Å². The van der Waals surface area contributed by atoms with Crippen molar-refractivity contribution >= 4 is 34.7 Å². The average Bonchev–Trinajstić information content (AvgIpc) is 2.41. The molecule has 0 fully saturated rings. The van der Waals surface area contributed by atoms with Gasteiger partial charge in [-0.3, -0.25) is 10.1 Å². The predicted octanol–water partition coefficient (Wildman–Crippen LogP) is 3.27. The molecule has 0 atom stereocenters. The second kappa shape index (κ2) is 5.88. The quantitative estimate of drug-likeness (QED) is 0.665. The molecule has 0 aliphatic heterocycles. The summed E-state index contributed by atoms with van der Waals surface area (Å²) in [6.45, 7) is 1.49. The van der Waals surface area contributed by atoms with Crippen molar-refractivity contribution in [1.29, 1.82) is 0 Å². The first-order chi connectivity index (χ1) is 9.92. The predicted molar refractivity (Wildman–Crippen MR) is 77.7 cm³/mol. The van der Waals surface area contributed by atoms with Gasteiger partial charge in [0.05, 0.1) is 15.6 Å². The summed E-state index contributed by atoms with van der Waals surface area (Å²) in [7, 11) is 1.58. The highest BCUT2D eigenvalue weighted by molar-refractivity contribution is 6.33. The van der Waals surface area contributed by atoms with Gasteiger partial charge in [0.2, 0.25) is 11.8 Å². The van der Waals surface area contributed by atoms with Crippen molar-refractivity contribution in [3.63, 3.8) is 0 Å². The fraction of sp³-hybridized carbons (Fsp3) is 0.167. The molecule has 0 spiro atoms. The Hall–Kier alpha value is -2.48. The molecule has 0 aliphatic rings. The Bertz CT molecular complexity index is 710. The Balaban J connectivity index is 2.54. The van der Waals surface area contributed by atoms with Crippen LogP contribution in [0.2, 0.25) is 5.02 Å². The zero-order valence-corrected chi connectivity index (χ0v) is 11.9. The molecule has 2 aromatic rings. The highest BCUT2D eigenvalue weighted by Gasteiger charge is 2.22. The van der Waals surface area contributed by atoms with E-state index in [1.807, 2.05) is 0 Å². The molecule has 2 rings (SSSR count). The molecule has 9 heteroatoms. The van der Waals surface area contributed by atoms with Gasteiger partial charge in [0.25, 0.3) is 0 Å². The second-order valence-corrected chi connectivity index (χ2v) is 4.49. The van der Waals surface area contributed by atoms with Crippen LogP contribution in [0.25, 0.3) is 0 Å². The van der Waals surface area contributed by atoms with Gasteiger partial charge in [-0.1, -0.05) is 11.6 Å². The molecule has 0 bridgehead atoms. The lowest BCUT2D eigenvalue weighted by Gasteiger charge is -2.10. The van der Waals surface area contributed by atoms with Gasteiger partial charge in [-0.15, -0.1) is 0 Å². The number of hydrogen-bond acceptors (Lipinski definition) is 6. The van der Waals surface area contributed by atoms with Gasteiger partial charge in [-0.05, 0) is 25.1 Å². The highest BCUT2D eigenvalue weighted by atomic mass is 35.5. The summed E-state index contributed by atoms with van der Waals surface area (Å²) in [5.74, 6) is -0.387. The van der Waals surface area contributed by atoms with Gasteiger partial charge in [0, 0.05) is 7.05 Å². The summed E-state index contributed by atoms with van der Waals surface area (Å²) in [6.07, 6.45) is 0. The van der Waals surface area contributed by atoms with E-state index in [1.165, 1.54) is 19.1 Å². The number of benzene rings is 1. The van der Waals surface area contributed by atoms with E-state index in [0.29, 0.717) is 0 Å². The van der Waals surface area contributed by atoms with Crippen LogP contribution in [0.3, 0.4) is 0 Å². The molecule has 0 radical (unpaired) electrons. The first kappa shape index (κ1) is 14.9. The van der Waals surface area contributed by atoms with Crippen molar-refractivity contribution in [2.75, 3.05) is 17.7 Å². The molecular weight excluding hydrogens is 301 g/mol. The molecule has 0 saturated carbocycles. The van der Waals surface area contributed by atoms with E-state index in [4.69, 9.17) is 11.6 Å². The van der Waals surface area contributed by atoms with Crippen LogP contribution in [-0.4, -0.2) is 21.9 Å². The van der Waals surface area contributed by atoms with Gasteiger partial charge < -0.3 is 10.6 Å². The van der Waals surface area contributed by atoms with Crippen molar-refractivity contribution in [2.24, 2.45) is 0 Å². The maximum absolute atomic E-state index is 13.3. The summed E-state index contributed by atoms with van der Waals surface area (Å²) >= 11 is 5.93. The molecule has 1 aromatic carbocycles. The van der Waals surface area contributed by atoms with E-state index in [-0.39, 0.29) is 33.9 Å². The standard InChI is InChI=1S/C12H11ClFN5O2/c1-6-10(19(20)21)11(18-12(15-2)16-6)17-9-5-7(14)3-4-8(9)13/h3-5H,1-2H3,(H2,15,16,17,18). The molecule has 21 heavy (non-hydrogen) atoms. The number of rotatable bonds is 4. The summed E-state index contributed by atoms with van der Waals surface area (Å²) in [5, 5.41) is 16.7. The van der Waals surface area contributed by atoms with E-state index >= 15 is 0 Å². The molecule has 110 valence electrons. The van der Waals surface area contributed by atoms with Crippen LogP contribution in [0.15, 0.2) is 18.2 Å². The normalized spacial score (nSPS) is 10.3. The van der Waals surface area contributed by atoms with Gasteiger partial charge >= 0.3 is 5.69 Å². The largest absolute Gasteiger partial charge is 0.357 e. The van der Waals surface area contributed by atoms with E-state index in [0.717, 1.165) is 6.07 Å². The zero-order chi connectivity index (χ0) is 15.6. The third kappa shape index (κ3) is 3.16. The number of aryl methyl sites for hydroxylation is 1. The highest BCUT2D eigenvalue weighted by Crippen LogP contribution is 2.32. The fourth-order valence-electron chi connectivity index (χ4n) is 1.71. The van der Waals surface area contributed by atoms with Gasteiger partial charge in [-0.2, -0.15) is 4.98 Å². The third-order valence-electron chi connectivity index (χ3n) is 2.65. The number of nitro groups is 1. The third-order valence-corrected chi connectivity index (χ3v) is 2.98. The summed E-state index contributed by atoms with van der Waals surface area (Å²) in [5.41, 5.74) is 0.0589. The Morgan fingerprint density at radius 1 is 1.38 bits per heavy atom. The van der Waals surface area contributed by atoms with Crippen LogP contribution < -0.4 is 10.6 Å². The topological polar surface area (TPSA) is 93.0 Å². The molecule has 0 saturated heterocycles. The Labute approximate surface area is 124 Å². The minimum Gasteiger partial charge on any atom is -0.357 e. The molecule has 7 nitrogen and oxygen atoms in total. The summed E-state index contributed by atoms with van der Waals surface area (Å²) in [4.78, 5) is 18.5. The maximum atomic E-state index is 13.3. The minimum absolute atomic E-state index is 0.0654. The van der Waals surface area contributed by atoms with E-state index in [9.17, 15) is 14.5 Å². The monoisotopic (exact) mass is 311 g/mol. The van der Waals surface area contributed by atoms with E-state index in [1.54, 1.807) is 7.05 Å². The van der Waals surface area contributed by atoms with Crippen molar-refractivity contribution in [3.8, 4) is 0 Å². The molecule has 1 heterocycles. The van der Waals surface area contributed by atoms with E-state index < -0.39 is 10.7 Å². The van der Waals surface area contributed by atoms with Crippen LogP contribution in [0.1, 0.15) is 5.69 Å². The lowest BCUT2D eigenvalue weighted by atomic mass is 10.3. The number of halogens is 2. The van der Waals surface area contributed by atoms with Gasteiger partial charge in [0.15, 0.2) is 0 Å². The van der Waals surface area contributed by atoms with Gasteiger partial charge in [-0.25, -0.2) is 9.37 Å². The van der Waals surface area contributed by atoms with Crippen molar-refractivity contribution in [2.45, 2.75) is 6.92 Å². The van der Waals surface area contributed by atoms with Gasteiger partial charge in [0.1, 0.15) is 11.5 Å². The molecule has 2 N–H and O–H groups in total. The number of nitrogens with one attached hydrogen (secondary N) is 2. The molecule has 0 aliphatic carbocycles. The number of anilines is 3. The summed E-state index contributed by atoms with van der Waals surface area (Å²) < 4.78 is 13.3. The van der Waals surface area contributed by atoms with Crippen LogP contribution >= 0.6 is 11.6 Å². The first-order valence-corrected chi connectivity index (χ1v) is 6.23. The minimum atomic E-state index is -0.607. The molecule has 0 unspecified atom stereocenters. The number of nitrogens with zero attached hydrogens (tertiary/aromatic N) is 3. The molecule has 0 amide bonds. The molecular formula is C12H11ClFN5O2. The SMILES string of the molecule is CNc1nc(C)c([N+](=O)[O-])c(Nc2cc(F)ccc2Cl)n1. The molecule has 1 aromatic heterocycles. The fourth-order valence-corrected chi connectivity index (χ4v) is 1.87. The first-order valence-electron chi connectivity index (χ1n) is 5.85.